The number of benzene rings is 6. The fourth-order valence-electron chi connectivity index (χ4n) is 6.98. The molecule has 190 valence electrons. The van der Waals surface area contributed by atoms with E-state index < -0.39 is 7.26 Å². The van der Waals surface area contributed by atoms with Crippen molar-refractivity contribution in [3.8, 4) is 11.3 Å². The average molecular weight is 525 g/mol. The summed E-state index contributed by atoms with van der Waals surface area (Å²) in [5, 5.41) is 6.63. The van der Waals surface area contributed by atoms with Gasteiger partial charge in [-0.1, -0.05) is 115 Å². The molecular formula is C37H23BFN2+. The third kappa shape index (κ3) is 3.05. The molecule has 9 rings (SSSR count). The number of hydrogen-bond acceptors (Lipinski definition) is 0. The van der Waals surface area contributed by atoms with E-state index in [2.05, 4.69) is 115 Å². The van der Waals surface area contributed by atoms with Crippen LogP contribution in [-0.4, -0.2) is 21.9 Å². The zero-order chi connectivity index (χ0) is 27.1. The molecule has 0 unspecified atom stereocenters. The fourth-order valence-corrected chi connectivity index (χ4v) is 6.98. The van der Waals surface area contributed by atoms with Crippen molar-refractivity contribution in [2.45, 2.75) is 0 Å². The van der Waals surface area contributed by atoms with E-state index in [1.54, 1.807) is 0 Å². The van der Waals surface area contributed by atoms with Crippen LogP contribution in [0.2, 0.25) is 0 Å². The van der Waals surface area contributed by atoms with E-state index in [1.165, 1.54) is 0 Å². The Morgan fingerprint density at radius 2 is 1.00 bits per heavy atom. The second kappa shape index (κ2) is 8.39. The van der Waals surface area contributed by atoms with Crippen molar-refractivity contribution in [3.63, 3.8) is 0 Å². The fraction of sp³-hybridized carbons (Fsp3) is 0. The highest BCUT2D eigenvalue weighted by Gasteiger charge is 2.52. The van der Waals surface area contributed by atoms with Gasteiger partial charge in [0.1, 0.15) is 0 Å². The molecule has 0 N–H and O–H groups in total. The van der Waals surface area contributed by atoms with Crippen LogP contribution in [0.1, 0.15) is 22.4 Å². The van der Waals surface area contributed by atoms with Crippen molar-refractivity contribution in [1.82, 2.24) is 4.48 Å². The van der Waals surface area contributed by atoms with Gasteiger partial charge in [-0.15, -0.1) is 0 Å². The second-order valence-corrected chi connectivity index (χ2v) is 10.8. The van der Waals surface area contributed by atoms with Crippen molar-refractivity contribution in [2.75, 3.05) is 0 Å². The minimum absolute atomic E-state index is 0.899. The molecule has 4 heteroatoms. The maximum absolute atomic E-state index is 17.6. The van der Waals surface area contributed by atoms with Crippen molar-refractivity contribution in [3.05, 3.63) is 156 Å². The third-order valence-electron chi connectivity index (χ3n) is 8.71. The van der Waals surface area contributed by atoms with Crippen LogP contribution < -0.4 is 0 Å². The summed E-state index contributed by atoms with van der Waals surface area (Å²) in [7, 11) is -1.44. The summed E-state index contributed by atoms with van der Waals surface area (Å²) >= 11 is 0. The highest BCUT2D eigenvalue weighted by molar-refractivity contribution is 6.48. The molecule has 7 aromatic rings. The molecule has 0 saturated carbocycles. The van der Waals surface area contributed by atoms with Crippen LogP contribution in [0, 0.1) is 0 Å². The number of rotatable bonds is 2. The Balaban J connectivity index is 1.42. The minimum Gasteiger partial charge on any atom is -0.285 e. The Hall–Kier alpha value is -5.22. The minimum atomic E-state index is -1.44. The first-order valence-corrected chi connectivity index (χ1v) is 14.0. The van der Waals surface area contributed by atoms with Crippen molar-refractivity contribution >= 4 is 57.1 Å². The monoisotopic (exact) mass is 525 g/mol. The van der Waals surface area contributed by atoms with Crippen LogP contribution in [-0.2, 0) is 0 Å². The molecule has 0 spiro atoms. The van der Waals surface area contributed by atoms with Gasteiger partial charge in [0.15, 0.2) is 5.70 Å². The van der Waals surface area contributed by atoms with Gasteiger partial charge in [-0.05, 0) is 39.7 Å². The lowest BCUT2D eigenvalue weighted by molar-refractivity contribution is -0.287. The summed E-state index contributed by atoms with van der Waals surface area (Å²) in [4.78, 5) is 0. The summed E-state index contributed by atoms with van der Waals surface area (Å²) < 4.78 is 21.5. The Labute approximate surface area is 237 Å². The van der Waals surface area contributed by atoms with Crippen LogP contribution in [0.5, 0.6) is 0 Å². The molecule has 3 heterocycles. The van der Waals surface area contributed by atoms with Crippen LogP contribution in [0.4, 0.5) is 4.32 Å². The van der Waals surface area contributed by atoms with Gasteiger partial charge in [0.05, 0.1) is 28.1 Å². The molecule has 2 aliphatic heterocycles. The predicted octanol–water partition coefficient (Wildman–Crippen LogP) is 8.79. The van der Waals surface area contributed by atoms with Gasteiger partial charge < -0.3 is 0 Å². The number of hydrogen-bond donors (Lipinski definition) is 0. The van der Waals surface area contributed by atoms with Gasteiger partial charge >= 0.3 is 7.26 Å². The number of fused-ring (bicyclic) bond motifs is 8. The van der Waals surface area contributed by atoms with Gasteiger partial charge in [0, 0.05) is 22.4 Å². The van der Waals surface area contributed by atoms with E-state index in [0.717, 1.165) is 77.4 Å². The average Bonchev–Trinajstić information content (AvgIpc) is 3.54. The lowest BCUT2D eigenvalue weighted by Crippen LogP contribution is -2.39. The Bertz CT molecular complexity index is 2280. The Morgan fingerprint density at radius 1 is 0.488 bits per heavy atom. The van der Waals surface area contributed by atoms with Crippen molar-refractivity contribution in [2.24, 2.45) is 0 Å². The molecule has 0 bridgehead atoms. The summed E-state index contributed by atoms with van der Waals surface area (Å²) in [6, 6.07) is 46.0. The third-order valence-corrected chi connectivity index (χ3v) is 8.71. The topological polar surface area (TPSA) is 7.94 Å². The highest BCUT2D eigenvalue weighted by Crippen LogP contribution is 2.44. The number of halogens is 1. The number of nitrogens with zero attached hydrogens (tertiary/aromatic N) is 2. The molecule has 1 aromatic heterocycles. The van der Waals surface area contributed by atoms with Gasteiger partial charge in [-0.3, -0.25) is 4.48 Å². The first-order chi connectivity index (χ1) is 20.3. The predicted molar refractivity (Wildman–Crippen MR) is 169 cm³/mol. The van der Waals surface area contributed by atoms with Gasteiger partial charge in [0.25, 0.3) is 0 Å². The maximum Gasteiger partial charge on any atom is 0.847 e. The van der Waals surface area contributed by atoms with Crippen LogP contribution >= 0.6 is 0 Å². The van der Waals surface area contributed by atoms with E-state index in [4.69, 9.17) is 0 Å². The summed E-state index contributed by atoms with van der Waals surface area (Å²) in [6.45, 7) is 0. The summed E-state index contributed by atoms with van der Waals surface area (Å²) in [5.41, 5.74) is 7.79. The quantitative estimate of drug-likeness (QED) is 0.199. The summed E-state index contributed by atoms with van der Waals surface area (Å²) in [5.74, 6) is 0. The molecule has 2 nitrogen and oxygen atoms in total. The Kier molecular flexibility index (Phi) is 4.62. The normalized spacial score (nSPS) is 14.0. The van der Waals surface area contributed by atoms with E-state index in [1.807, 2.05) is 33.2 Å². The molecule has 0 aliphatic carbocycles. The largest absolute Gasteiger partial charge is 0.847 e. The zero-order valence-corrected chi connectivity index (χ0v) is 22.1. The molecule has 0 fully saturated rings. The zero-order valence-electron chi connectivity index (χ0n) is 22.1. The van der Waals surface area contributed by atoms with Gasteiger partial charge in [-0.25, -0.2) is 8.80 Å². The SMILES string of the molecule is FB1n2c(c3ccccc3c2-c2cccc3ccccc23)C=C2c3ccccc3C(c3cccc4ccccc34)=[N+]12. The molecule has 0 saturated heterocycles. The first kappa shape index (κ1) is 22.6. The lowest BCUT2D eigenvalue weighted by atomic mass is 9.92. The molecular weight excluding hydrogens is 502 g/mol. The standard InChI is InChI=1S/C37H23BFN2/c39-38-40-34(28-17-5-7-19-32(28)36(40)30-21-9-13-24-11-1-3-15-26(24)30)23-35-29-18-6-8-20-33(29)37(41(35)38)31-22-10-14-25-12-2-4-16-27(25)31/h1-23H/q+1. The van der Waals surface area contributed by atoms with Crippen LogP contribution in [0.15, 0.2) is 133 Å². The van der Waals surface area contributed by atoms with Gasteiger partial charge in [0.2, 0.25) is 5.71 Å². The molecule has 0 amide bonds. The molecule has 41 heavy (non-hydrogen) atoms. The summed E-state index contributed by atoms with van der Waals surface area (Å²) in [6.07, 6.45) is 2.18. The molecule has 6 aromatic carbocycles. The Morgan fingerprint density at radius 3 is 1.73 bits per heavy atom. The van der Waals surface area contributed by atoms with E-state index in [9.17, 15) is 0 Å². The highest BCUT2D eigenvalue weighted by atomic mass is 19.1. The lowest BCUT2D eigenvalue weighted by Gasteiger charge is -2.17. The second-order valence-electron chi connectivity index (χ2n) is 10.8. The van der Waals surface area contributed by atoms with Crippen LogP contribution in [0.25, 0.3) is 55.3 Å². The van der Waals surface area contributed by atoms with Crippen LogP contribution in [0.3, 0.4) is 0 Å². The van der Waals surface area contributed by atoms with E-state index in [-0.39, 0.29) is 0 Å². The number of aromatic nitrogens is 1. The molecule has 2 aliphatic rings. The van der Waals surface area contributed by atoms with Crippen molar-refractivity contribution in [1.29, 1.82) is 0 Å². The first-order valence-electron chi connectivity index (χ1n) is 14.0. The van der Waals surface area contributed by atoms with Gasteiger partial charge in [-0.2, -0.15) is 0 Å². The maximum atomic E-state index is 17.6. The van der Waals surface area contributed by atoms with E-state index >= 15 is 4.32 Å². The molecule has 0 radical (unpaired) electrons. The van der Waals surface area contributed by atoms with E-state index in [0.29, 0.717) is 0 Å². The van der Waals surface area contributed by atoms with Crippen molar-refractivity contribution < 1.29 is 8.80 Å². The smallest absolute Gasteiger partial charge is 0.285 e. The molecule has 0 atom stereocenters.